The zero-order valence-electron chi connectivity index (χ0n) is 9.67. The van der Waals surface area contributed by atoms with Crippen LogP contribution in [0.25, 0.3) is 0 Å². The number of carbonyl (C=O) groups is 1. The van der Waals surface area contributed by atoms with Gasteiger partial charge in [0.25, 0.3) is 11.6 Å². The lowest BCUT2D eigenvalue weighted by Gasteiger charge is -2.26. The number of hydrogen-bond donors (Lipinski definition) is 1. The smallest absolute Gasteiger partial charge is 0.270 e. The van der Waals surface area contributed by atoms with E-state index in [1.807, 2.05) is 0 Å². The first-order valence-corrected chi connectivity index (χ1v) is 5.55. The number of non-ortho nitro benzene ring substituents is 1. The fraction of sp³-hybridized carbons (Fsp3) is 0.364. The number of amides is 1. The molecular formula is C11H13N3O4. The molecule has 2 rings (SSSR count). The summed E-state index contributed by atoms with van der Waals surface area (Å²) in [5, 5.41) is 12.4. The van der Waals surface area contributed by atoms with Gasteiger partial charge in [-0.2, -0.15) is 0 Å². The maximum absolute atomic E-state index is 11.9. The molecule has 0 bridgehead atoms. The van der Waals surface area contributed by atoms with Crippen LogP contribution < -0.4 is 5.43 Å². The topological polar surface area (TPSA) is 84.7 Å². The van der Waals surface area contributed by atoms with Crippen molar-refractivity contribution in [1.29, 1.82) is 0 Å². The van der Waals surface area contributed by atoms with Gasteiger partial charge in [-0.3, -0.25) is 20.3 Å². The van der Waals surface area contributed by atoms with Crippen LogP contribution in [0.15, 0.2) is 24.3 Å². The molecule has 0 saturated carbocycles. The van der Waals surface area contributed by atoms with Crippen molar-refractivity contribution in [2.75, 3.05) is 26.3 Å². The summed E-state index contributed by atoms with van der Waals surface area (Å²) in [6.07, 6.45) is 0. The van der Waals surface area contributed by atoms with Crippen molar-refractivity contribution in [1.82, 2.24) is 10.4 Å². The minimum Gasteiger partial charge on any atom is -0.379 e. The zero-order valence-corrected chi connectivity index (χ0v) is 9.67. The van der Waals surface area contributed by atoms with Crippen LogP contribution in [0.2, 0.25) is 0 Å². The fourth-order valence-electron chi connectivity index (χ4n) is 1.64. The SMILES string of the molecule is O=C(NN1CCOCC1)c1cccc([N+](=O)[O-])c1. The molecule has 7 heteroatoms. The summed E-state index contributed by atoms with van der Waals surface area (Å²) in [4.78, 5) is 22.0. The molecule has 1 fully saturated rings. The molecule has 1 heterocycles. The quantitative estimate of drug-likeness (QED) is 0.627. The second-order valence-corrected chi connectivity index (χ2v) is 3.85. The Labute approximate surface area is 103 Å². The van der Waals surface area contributed by atoms with Crippen LogP contribution in [-0.4, -0.2) is 42.1 Å². The summed E-state index contributed by atoms with van der Waals surface area (Å²) in [5.74, 6) is -0.347. The van der Waals surface area contributed by atoms with Gasteiger partial charge in [-0.15, -0.1) is 0 Å². The highest BCUT2D eigenvalue weighted by atomic mass is 16.6. The molecule has 0 aromatic heterocycles. The van der Waals surface area contributed by atoms with Crippen LogP contribution in [0.4, 0.5) is 5.69 Å². The number of nitrogens with one attached hydrogen (secondary N) is 1. The van der Waals surface area contributed by atoms with E-state index in [-0.39, 0.29) is 17.2 Å². The Hall–Kier alpha value is -1.99. The third kappa shape index (κ3) is 3.02. The van der Waals surface area contributed by atoms with Crippen molar-refractivity contribution in [2.45, 2.75) is 0 Å². The average Bonchev–Trinajstić information content (AvgIpc) is 2.40. The molecule has 7 nitrogen and oxygen atoms in total. The number of rotatable bonds is 3. The minimum atomic E-state index is -0.522. The average molecular weight is 251 g/mol. The van der Waals surface area contributed by atoms with Gasteiger partial charge in [0, 0.05) is 30.8 Å². The predicted octanol–water partition coefficient (Wildman–Crippen LogP) is 0.572. The van der Waals surface area contributed by atoms with Crippen molar-refractivity contribution in [2.24, 2.45) is 0 Å². The van der Waals surface area contributed by atoms with Gasteiger partial charge in [0.05, 0.1) is 18.1 Å². The molecule has 1 saturated heterocycles. The van der Waals surface area contributed by atoms with E-state index in [4.69, 9.17) is 4.74 Å². The molecule has 1 aliphatic rings. The number of ether oxygens (including phenoxy) is 1. The molecule has 1 aromatic carbocycles. The molecule has 0 spiro atoms. The van der Waals surface area contributed by atoms with Crippen molar-refractivity contribution in [3.63, 3.8) is 0 Å². The molecule has 0 aliphatic carbocycles. The first kappa shape index (κ1) is 12.5. The Morgan fingerprint density at radius 2 is 2.11 bits per heavy atom. The molecule has 96 valence electrons. The van der Waals surface area contributed by atoms with E-state index in [2.05, 4.69) is 5.43 Å². The highest BCUT2D eigenvalue weighted by Crippen LogP contribution is 2.13. The number of nitrogens with zero attached hydrogens (tertiary/aromatic N) is 2. The van der Waals surface area contributed by atoms with E-state index in [0.717, 1.165) is 0 Å². The second kappa shape index (κ2) is 5.56. The molecule has 1 amide bonds. The van der Waals surface area contributed by atoms with Gasteiger partial charge in [0.15, 0.2) is 0 Å². The number of hydrazine groups is 1. The van der Waals surface area contributed by atoms with Gasteiger partial charge in [0.2, 0.25) is 0 Å². The molecule has 1 N–H and O–H groups in total. The van der Waals surface area contributed by atoms with E-state index < -0.39 is 4.92 Å². The van der Waals surface area contributed by atoms with Gasteiger partial charge >= 0.3 is 0 Å². The van der Waals surface area contributed by atoms with Crippen LogP contribution in [0, 0.1) is 10.1 Å². The maximum Gasteiger partial charge on any atom is 0.270 e. The van der Waals surface area contributed by atoms with Crippen LogP contribution in [-0.2, 0) is 4.74 Å². The van der Waals surface area contributed by atoms with Gasteiger partial charge in [-0.1, -0.05) is 6.07 Å². The zero-order chi connectivity index (χ0) is 13.0. The molecule has 0 unspecified atom stereocenters. The van der Waals surface area contributed by atoms with Crippen molar-refractivity contribution >= 4 is 11.6 Å². The predicted molar refractivity (Wildman–Crippen MR) is 63.0 cm³/mol. The number of morpholine rings is 1. The third-order valence-corrected chi connectivity index (χ3v) is 2.59. The van der Waals surface area contributed by atoms with Crippen molar-refractivity contribution in [3.05, 3.63) is 39.9 Å². The Balaban J connectivity index is 2.03. The summed E-state index contributed by atoms with van der Waals surface area (Å²) in [7, 11) is 0. The number of hydrogen-bond acceptors (Lipinski definition) is 5. The summed E-state index contributed by atoms with van der Waals surface area (Å²) in [5.41, 5.74) is 2.87. The van der Waals surface area contributed by atoms with Crippen LogP contribution in [0.3, 0.4) is 0 Å². The lowest BCUT2D eigenvalue weighted by atomic mass is 10.2. The third-order valence-electron chi connectivity index (χ3n) is 2.59. The van der Waals surface area contributed by atoms with Gasteiger partial charge in [0.1, 0.15) is 0 Å². The lowest BCUT2D eigenvalue weighted by Crippen LogP contribution is -2.48. The normalized spacial score (nSPS) is 16.2. The summed E-state index contributed by atoms with van der Waals surface area (Å²) < 4.78 is 5.16. The van der Waals surface area contributed by atoms with E-state index in [1.165, 1.54) is 18.2 Å². The molecule has 0 radical (unpaired) electrons. The van der Waals surface area contributed by atoms with Crippen LogP contribution in [0.1, 0.15) is 10.4 Å². The van der Waals surface area contributed by atoms with Gasteiger partial charge < -0.3 is 4.74 Å². The molecule has 18 heavy (non-hydrogen) atoms. The first-order chi connectivity index (χ1) is 8.66. The highest BCUT2D eigenvalue weighted by Gasteiger charge is 2.16. The molecule has 1 aliphatic heterocycles. The number of carbonyl (C=O) groups excluding carboxylic acids is 1. The van der Waals surface area contributed by atoms with Gasteiger partial charge in [-0.25, -0.2) is 5.01 Å². The van der Waals surface area contributed by atoms with Crippen LogP contribution in [0.5, 0.6) is 0 Å². The summed E-state index contributed by atoms with van der Waals surface area (Å²) in [6, 6.07) is 5.65. The van der Waals surface area contributed by atoms with E-state index in [0.29, 0.717) is 26.3 Å². The highest BCUT2D eigenvalue weighted by molar-refractivity contribution is 5.94. The van der Waals surface area contributed by atoms with Gasteiger partial charge in [-0.05, 0) is 6.07 Å². The summed E-state index contributed by atoms with van der Waals surface area (Å²) in [6.45, 7) is 2.35. The first-order valence-electron chi connectivity index (χ1n) is 5.55. The van der Waals surface area contributed by atoms with E-state index in [1.54, 1.807) is 11.1 Å². The van der Waals surface area contributed by atoms with Crippen LogP contribution >= 0.6 is 0 Å². The lowest BCUT2D eigenvalue weighted by molar-refractivity contribution is -0.384. The maximum atomic E-state index is 11.9. The monoisotopic (exact) mass is 251 g/mol. The van der Waals surface area contributed by atoms with Crippen molar-refractivity contribution < 1.29 is 14.5 Å². The standard InChI is InChI=1S/C11H13N3O4/c15-11(12-13-4-6-18-7-5-13)9-2-1-3-10(8-9)14(16)17/h1-3,8H,4-7H2,(H,12,15). The molecule has 0 atom stereocenters. The Kier molecular flexibility index (Phi) is 3.85. The largest absolute Gasteiger partial charge is 0.379 e. The minimum absolute atomic E-state index is 0.0929. The number of nitro groups is 1. The molecular weight excluding hydrogens is 238 g/mol. The van der Waals surface area contributed by atoms with Crippen molar-refractivity contribution in [3.8, 4) is 0 Å². The van der Waals surface area contributed by atoms with E-state index in [9.17, 15) is 14.9 Å². The summed E-state index contributed by atoms with van der Waals surface area (Å²) >= 11 is 0. The fourth-order valence-corrected chi connectivity index (χ4v) is 1.64. The van der Waals surface area contributed by atoms with E-state index >= 15 is 0 Å². The second-order valence-electron chi connectivity index (χ2n) is 3.85. The Morgan fingerprint density at radius 1 is 1.39 bits per heavy atom. The number of benzene rings is 1. The Morgan fingerprint density at radius 3 is 2.78 bits per heavy atom. The Bertz CT molecular complexity index is 457. The number of nitro benzene ring substituents is 1. The molecule has 1 aromatic rings.